The van der Waals surface area contributed by atoms with Crippen LogP contribution in [0.1, 0.15) is 71.3 Å². The van der Waals surface area contributed by atoms with Gasteiger partial charge in [0.05, 0.1) is 23.9 Å². The van der Waals surface area contributed by atoms with Crippen LogP contribution < -0.4 is 4.90 Å². The number of rotatable bonds is 7. The topological polar surface area (TPSA) is 55.3 Å². The molecule has 0 radical (unpaired) electrons. The highest BCUT2D eigenvalue weighted by atomic mass is 16.5. The molecular formula is C28H39N3O2. The van der Waals surface area contributed by atoms with Crippen molar-refractivity contribution in [3.8, 4) is 11.1 Å². The molecule has 2 aromatic rings. The summed E-state index contributed by atoms with van der Waals surface area (Å²) in [7, 11) is 0. The standard InChI is InChI=1S/C28H39N3O2/c1-19(2)8-10-23-11-9-22(17-30-23)25-18-29-21(5)24(16-26(32)33-20(3)4)27(25)31-14-12-28(6,7)13-15-31/h8-11,17-20H,12-16H2,1-7H3/b10-8+. The third-order valence-corrected chi connectivity index (χ3v) is 6.24. The first-order chi connectivity index (χ1) is 15.6. The van der Waals surface area contributed by atoms with E-state index in [4.69, 9.17) is 4.74 Å². The highest BCUT2D eigenvalue weighted by molar-refractivity contribution is 5.85. The van der Waals surface area contributed by atoms with Crippen LogP contribution in [0, 0.1) is 18.3 Å². The maximum absolute atomic E-state index is 12.6. The Hall–Kier alpha value is -2.69. The van der Waals surface area contributed by atoms with E-state index in [0.29, 0.717) is 11.3 Å². The Kier molecular flexibility index (Phi) is 7.93. The lowest BCUT2D eigenvalue weighted by molar-refractivity contribution is -0.146. The monoisotopic (exact) mass is 449 g/mol. The first kappa shape index (κ1) is 24.9. The highest BCUT2D eigenvalue weighted by Crippen LogP contribution is 2.39. The second-order valence-corrected chi connectivity index (χ2v) is 10.5. The Morgan fingerprint density at radius 2 is 1.82 bits per heavy atom. The van der Waals surface area contributed by atoms with Gasteiger partial charge < -0.3 is 9.64 Å². The number of nitrogens with zero attached hydrogens (tertiary/aromatic N) is 3. The van der Waals surface area contributed by atoms with E-state index in [0.717, 1.165) is 59.7 Å². The molecule has 0 spiro atoms. The van der Waals surface area contributed by atoms with Crippen molar-refractivity contribution in [2.24, 2.45) is 11.3 Å². The molecule has 178 valence electrons. The van der Waals surface area contributed by atoms with Crippen molar-refractivity contribution in [2.75, 3.05) is 18.0 Å². The lowest BCUT2D eigenvalue weighted by Crippen LogP contribution is -2.38. The van der Waals surface area contributed by atoms with Gasteiger partial charge in [-0.15, -0.1) is 0 Å². The molecule has 5 nitrogen and oxygen atoms in total. The molecule has 0 bridgehead atoms. The van der Waals surface area contributed by atoms with Gasteiger partial charge in [-0.2, -0.15) is 0 Å². The van der Waals surface area contributed by atoms with Crippen molar-refractivity contribution in [3.05, 3.63) is 47.6 Å². The second-order valence-electron chi connectivity index (χ2n) is 10.5. The Labute approximate surface area is 199 Å². The second kappa shape index (κ2) is 10.5. The highest BCUT2D eigenvalue weighted by Gasteiger charge is 2.29. The van der Waals surface area contributed by atoms with Gasteiger partial charge in [-0.1, -0.05) is 39.8 Å². The molecule has 0 unspecified atom stereocenters. The fraction of sp³-hybridized carbons (Fsp3) is 0.536. The van der Waals surface area contributed by atoms with Crippen LogP contribution >= 0.6 is 0 Å². The summed E-state index contributed by atoms with van der Waals surface area (Å²) in [6.07, 6.45) is 10.4. The van der Waals surface area contributed by atoms with E-state index in [-0.39, 0.29) is 18.5 Å². The molecule has 33 heavy (non-hydrogen) atoms. The maximum atomic E-state index is 12.6. The van der Waals surface area contributed by atoms with Gasteiger partial charge in [-0.05, 0) is 57.1 Å². The van der Waals surface area contributed by atoms with Crippen LogP contribution in [0.5, 0.6) is 0 Å². The van der Waals surface area contributed by atoms with E-state index >= 15 is 0 Å². The first-order valence-corrected chi connectivity index (χ1v) is 12.1. The summed E-state index contributed by atoms with van der Waals surface area (Å²) < 4.78 is 5.49. The van der Waals surface area contributed by atoms with Gasteiger partial charge in [-0.25, -0.2) is 0 Å². The fourth-order valence-electron chi connectivity index (χ4n) is 4.16. The molecule has 0 amide bonds. The quantitative estimate of drug-likeness (QED) is 0.468. The van der Waals surface area contributed by atoms with Gasteiger partial charge in [0, 0.05) is 47.9 Å². The van der Waals surface area contributed by atoms with Crippen LogP contribution in [0.15, 0.2) is 30.6 Å². The van der Waals surface area contributed by atoms with Crippen molar-refractivity contribution >= 4 is 17.7 Å². The van der Waals surface area contributed by atoms with Crippen LogP contribution in [-0.2, 0) is 16.0 Å². The number of ether oxygens (including phenoxy) is 1. The zero-order valence-electron chi connectivity index (χ0n) is 21.3. The van der Waals surface area contributed by atoms with Crippen molar-refractivity contribution in [3.63, 3.8) is 0 Å². The van der Waals surface area contributed by atoms with Crippen LogP contribution in [0.25, 0.3) is 17.2 Å². The Bertz CT molecular complexity index is 981. The van der Waals surface area contributed by atoms with E-state index < -0.39 is 0 Å². The average Bonchev–Trinajstić information content (AvgIpc) is 2.74. The summed E-state index contributed by atoms with van der Waals surface area (Å²) in [4.78, 5) is 24.4. The number of allylic oxidation sites excluding steroid dienone is 1. The van der Waals surface area contributed by atoms with Crippen LogP contribution in [0.3, 0.4) is 0 Å². The van der Waals surface area contributed by atoms with E-state index in [1.165, 1.54) is 0 Å². The molecule has 5 heteroatoms. The van der Waals surface area contributed by atoms with Crippen molar-refractivity contribution in [1.29, 1.82) is 0 Å². The summed E-state index contributed by atoms with van der Waals surface area (Å²) >= 11 is 0. The zero-order chi connectivity index (χ0) is 24.2. The SMILES string of the molecule is Cc1ncc(-c2ccc(/C=C/C(C)C)nc2)c(N2CCC(C)(C)CC2)c1CC(=O)OC(C)C. The molecule has 1 saturated heterocycles. The minimum atomic E-state index is -0.210. The molecule has 3 heterocycles. The minimum Gasteiger partial charge on any atom is -0.463 e. The molecule has 2 aromatic heterocycles. The van der Waals surface area contributed by atoms with E-state index in [9.17, 15) is 4.79 Å². The zero-order valence-corrected chi connectivity index (χ0v) is 21.3. The van der Waals surface area contributed by atoms with Crippen LogP contribution in [-0.4, -0.2) is 35.1 Å². The first-order valence-electron chi connectivity index (χ1n) is 12.1. The Morgan fingerprint density at radius 1 is 1.12 bits per heavy atom. The normalized spacial score (nSPS) is 16.1. The Morgan fingerprint density at radius 3 is 2.39 bits per heavy atom. The van der Waals surface area contributed by atoms with Gasteiger partial charge in [0.1, 0.15) is 0 Å². The predicted octanol–water partition coefficient (Wildman–Crippen LogP) is 6.24. The molecule has 1 aliphatic rings. The summed E-state index contributed by atoms with van der Waals surface area (Å²) in [5.41, 5.74) is 6.26. The number of hydrogen-bond acceptors (Lipinski definition) is 5. The molecule has 0 saturated carbocycles. The smallest absolute Gasteiger partial charge is 0.310 e. The summed E-state index contributed by atoms with van der Waals surface area (Å²) in [5.74, 6) is 0.272. The fourth-order valence-corrected chi connectivity index (χ4v) is 4.16. The average molecular weight is 450 g/mol. The number of esters is 1. The maximum Gasteiger partial charge on any atom is 0.310 e. The van der Waals surface area contributed by atoms with Crippen LogP contribution in [0.2, 0.25) is 0 Å². The lowest BCUT2D eigenvalue weighted by Gasteiger charge is -2.40. The summed E-state index contributed by atoms with van der Waals surface area (Å²) in [6.45, 7) is 16.6. The number of pyridine rings is 2. The summed E-state index contributed by atoms with van der Waals surface area (Å²) in [5, 5.41) is 0. The molecule has 0 aliphatic carbocycles. The van der Waals surface area contributed by atoms with E-state index in [1.54, 1.807) is 0 Å². The molecule has 0 N–H and O–H groups in total. The molecular weight excluding hydrogens is 410 g/mol. The van der Waals surface area contributed by atoms with Gasteiger partial charge in [0.25, 0.3) is 0 Å². The van der Waals surface area contributed by atoms with Crippen LogP contribution in [0.4, 0.5) is 5.69 Å². The van der Waals surface area contributed by atoms with Crippen molar-refractivity contribution < 1.29 is 9.53 Å². The van der Waals surface area contributed by atoms with Gasteiger partial charge >= 0.3 is 5.97 Å². The van der Waals surface area contributed by atoms with Gasteiger partial charge in [0.2, 0.25) is 0 Å². The van der Waals surface area contributed by atoms with E-state index in [1.807, 2.05) is 39.2 Å². The molecule has 0 atom stereocenters. The van der Waals surface area contributed by atoms with Gasteiger partial charge in [-0.3, -0.25) is 14.8 Å². The number of carbonyl (C=O) groups excluding carboxylic acids is 1. The minimum absolute atomic E-state index is 0.135. The number of piperidine rings is 1. The number of carbonyl (C=O) groups is 1. The van der Waals surface area contributed by atoms with E-state index in [2.05, 4.69) is 60.8 Å². The third-order valence-electron chi connectivity index (χ3n) is 6.24. The van der Waals surface area contributed by atoms with Gasteiger partial charge in [0.15, 0.2) is 0 Å². The molecule has 1 aliphatic heterocycles. The molecule has 3 rings (SSSR count). The van der Waals surface area contributed by atoms with Crippen molar-refractivity contribution in [1.82, 2.24) is 9.97 Å². The molecule has 0 aromatic carbocycles. The van der Waals surface area contributed by atoms with Crippen molar-refractivity contribution in [2.45, 2.75) is 73.8 Å². The summed E-state index contributed by atoms with van der Waals surface area (Å²) in [6, 6.07) is 4.15. The number of hydrogen-bond donors (Lipinski definition) is 0. The predicted molar refractivity (Wildman–Crippen MR) is 136 cm³/mol. The number of anilines is 1. The third kappa shape index (κ3) is 6.66. The number of aromatic nitrogens is 2. The lowest BCUT2D eigenvalue weighted by atomic mass is 9.82. The largest absolute Gasteiger partial charge is 0.463 e. The molecule has 1 fully saturated rings. The number of aryl methyl sites for hydroxylation is 1. The Balaban J connectivity index is 2.04.